The molecule has 118 valence electrons. The fourth-order valence-corrected chi connectivity index (χ4v) is 2.68. The lowest BCUT2D eigenvalue weighted by Crippen LogP contribution is -2.26. The molecule has 0 bridgehead atoms. The standard InChI is InChI=1S/C14H22N2O4S/c1-9-6-11(20-8-13(17)16-5)10(14(2,3)4)7-12(9)21(15,18)19/h6-7H,8H2,1-5H3,(H,16,17)(H2,15,18,19). The molecule has 1 aromatic carbocycles. The molecule has 0 aromatic heterocycles. The van der Waals surface area contributed by atoms with Crippen molar-refractivity contribution in [1.29, 1.82) is 0 Å². The van der Waals surface area contributed by atoms with Gasteiger partial charge in [-0.2, -0.15) is 0 Å². The van der Waals surface area contributed by atoms with Crippen LogP contribution < -0.4 is 15.2 Å². The van der Waals surface area contributed by atoms with Crippen LogP contribution in [0.25, 0.3) is 0 Å². The Morgan fingerprint density at radius 2 is 1.90 bits per heavy atom. The molecule has 21 heavy (non-hydrogen) atoms. The molecule has 1 aromatic rings. The molecular formula is C14H22N2O4S. The lowest BCUT2D eigenvalue weighted by atomic mass is 9.86. The van der Waals surface area contributed by atoms with E-state index in [1.807, 2.05) is 20.8 Å². The molecular weight excluding hydrogens is 292 g/mol. The number of ether oxygens (including phenoxy) is 1. The Morgan fingerprint density at radius 3 is 2.33 bits per heavy atom. The molecule has 0 radical (unpaired) electrons. The van der Waals surface area contributed by atoms with E-state index in [0.29, 0.717) is 16.9 Å². The highest BCUT2D eigenvalue weighted by Crippen LogP contribution is 2.34. The van der Waals surface area contributed by atoms with E-state index < -0.39 is 10.0 Å². The van der Waals surface area contributed by atoms with E-state index in [9.17, 15) is 13.2 Å². The molecule has 7 heteroatoms. The number of likely N-dealkylation sites (N-methyl/N-ethyl adjacent to an activating group) is 1. The average Bonchev–Trinajstić information content (AvgIpc) is 2.32. The molecule has 0 atom stereocenters. The third-order valence-electron chi connectivity index (χ3n) is 3.03. The van der Waals surface area contributed by atoms with Crippen molar-refractivity contribution in [3.8, 4) is 5.75 Å². The van der Waals surface area contributed by atoms with Crippen molar-refractivity contribution in [2.45, 2.75) is 38.0 Å². The van der Waals surface area contributed by atoms with Gasteiger partial charge in [0.2, 0.25) is 10.0 Å². The lowest BCUT2D eigenvalue weighted by Gasteiger charge is -2.24. The summed E-state index contributed by atoms with van der Waals surface area (Å²) in [7, 11) is -2.28. The molecule has 0 aliphatic rings. The number of primary sulfonamides is 1. The number of hydrogen-bond acceptors (Lipinski definition) is 4. The van der Waals surface area contributed by atoms with E-state index in [-0.39, 0.29) is 22.8 Å². The van der Waals surface area contributed by atoms with Crippen molar-refractivity contribution < 1.29 is 17.9 Å². The number of rotatable bonds is 4. The van der Waals surface area contributed by atoms with Gasteiger partial charge in [-0.05, 0) is 30.0 Å². The maximum atomic E-state index is 11.6. The van der Waals surface area contributed by atoms with Crippen LogP contribution in [0.1, 0.15) is 31.9 Å². The summed E-state index contributed by atoms with van der Waals surface area (Å²) in [4.78, 5) is 11.4. The largest absolute Gasteiger partial charge is 0.483 e. The van der Waals surface area contributed by atoms with Crippen LogP contribution in [0, 0.1) is 6.92 Å². The van der Waals surface area contributed by atoms with Crippen molar-refractivity contribution in [3.63, 3.8) is 0 Å². The van der Waals surface area contributed by atoms with Crippen LogP contribution in [0.4, 0.5) is 0 Å². The van der Waals surface area contributed by atoms with Gasteiger partial charge in [0.25, 0.3) is 5.91 Å². The van der Waals surface area contributed by atoms with Gasteiger partial charge >= 0.3 is 0 Å². The first-order valence-electron chi connectivity index (χ1n) is 6.48. The molecule has 0 saturated heterocycles. The van der Waals surface area contributed by atoms with Crippen molar-refractivity contribution in [2.75, 3.05) is 13.7 Å². The maximum absolute atomic E-state index is 11.6. The minimum Gasteiger partial charge on any atom is -0.483 e. The Hall–Kier alpha value is -1.60. The Bertz CT molecular complexity index is 646. The van der Waals surface area contributed by atoms with Gasteiger partial charge in [0.1, 0.15) is 5.75 Å². The molecule has 0 unspecified atom stereocenters. The van der Waals surface area contributed by atoms with E-state index in [4.69, 9.17) is 9.88 Å². The van der Waals surface area contributed by atoms with Crippen LogP contribution in [0.3, 0.4) is 0 Å². The minimum absolute atomic E-state index is 0.0692. The fourth-order valence-electron chi connectivity index (χ4n) is 1.89. The van der Waals surface area contributed by atoms with E-state index >= 15 is 0 Å². The number of carbonyl (C=O) groups excluding carboxylic acids is 1. The second kappa shape index (κ2) is 6.03. The first-order chi connectivity index (χ1) is 9.46. The van der Waals surface area contributed by atoms with Gasteiger partial charge in [0.15, 0.2) is 6.61 Å². The topological polar surface area (TPSA) is 98.5 Å². The highest BCUT2D eigenvalue weighted by Gasteiger charge is 2.24. The number of benzene rings is 1. The number of nitrogens with two attached hydrogens (primary N) is 1. The highest BCUT2D eigenvalue weighted by atomic mass is 32.2. The van der Waals surface area contributed by atoms with Gasteiger partial charge in [-0.1, -0.05) is 20.8 Å². The van der Waals surface area contributed by atoms with Crippen molar-refractivity contribution >= 4 is 15.9 Å². The first kappa shape index (κ1) is 17.5. The summed E-state index contributed by atoms with van der Waals surface area (Å²) in [5, 5.41) is 7.69. The molecule has 0 aliphatic carbocycles. The Kier molecular flexibility index (Phi) is 5.01. The number of hydrogen-bond donors (Lipinski definition) is 2. The third-order valence-corrected chi connectivity index (χ3v) is 4.08. The zero-order valence-corrected chi connectivity index (χ0v) is 13.8. The van der Waals surface area contributed by atoms with Crippen LogP contribution in [0.5, 0.6) is 5.75 Å². The Balaban J connectivity index is 3.37. The zero-order chi connectivity index (χ0) is 16.4. The van der Waals surface area contributed by atoms with Gasteiger partial charge < -0.3 is 10.1 Å². The molecule has 6 nitrogen and oxygen atoms in total. The summed E-state index contributed by atoms with van der Waals surface area (Å²) < 4.78 is 28.8. The van der Waals surface area contributed by atoms with Gasteiger partial charge in [-0.25, -0.2) is 13.6 Å². The van der Waals surface area contributed by atoms with E-state index in [1.165, 1.54) is 13.1 Å². The van der Waals surface area contributed by atoms with Gasteiger partial charge in [-0.3, -0.25) is 4.79 Å². The molecule has 0 aliphatic heterocycles. The molecule has 0 fully saturated rings. The van der Waals surface area contributed by atoms with Crippen molar-refractivity contribution in [1.82, 2.24) is 5.32 Å². The molecule has 1 amide bonds. The second-order valence-electron chi connectivity index (χ2n) is 5.87. The van der Waals surface area contributed by atoms with E-state index in [1.54, 1.807) is 13.0 Å². The van der Waals surface area contributed by atoms with Gasteiger partial charge in [0, 0.05) is 12.6 Å². The predicted molar refractivity (Wildman–Crippen MR) is 80.8 cm³/mol. The van der Waals surface area contributed by atoms with E-state index in [2.05, 4.69) is 5.32 Å². The fraction of sp³-hybridized carbons (Fsp3) is 0.500. The normalized spacial score (nSPS) is 12.1. The van der Waals surface area contributed by atoms with Crippen LogP contribution in [0.2, 0.25) is 0 Å². The number of nitrogens with one attached hydrogen (secondary N) is 1. The van der Waals surface area contributed by atoms with Crippen LogP contribution in [-0.2, 0) is 20.2 Å². The van der Waals surface area contributed by atoms with E-state index in [0.717, 1.165) is 0 Å². The molecule has 0 heterocycles. The third kappa shape index (κ3) is 4.44. The zero-order valence-electron chi connectivity index (χ0n) is 13.0. The number of aryl methyl sites for hydroxylation is 1. The molecule has 0 spiro atoms. The molecule has 1 rings (SSSR count). The minimum atomic E-state index is -3.80. The maximum Gasteiger partial charge on any atom is 0.257 e. The first-order valence-corrected chi connectivity index (χ1v) is 8.02. The van der Waals surface area contributed by atoms with Crippen LogP contribution >= 0.6 is 0 Å². The average molecular weight is 314 g/mol. The molecule has 0 saturated carbocycles. The number of carbonyl (C=O) groups is 1. The quantitative estimate of drug-likeness (QED) is 0.868. The van der Waals surface area contributed by atoms with Gasteiger partial charge in [-0.15, -0.1) is 0 Å². The molecule has 3 N–H and O–H groups in total. The highest BCUT2D eigenvalue weighted by molar-refractivity contribution is 7.89. The number of amides is 1. The van der Waals surface area contributed by atoms with Crippen molar-refractivity contribution in [2.24, 2.45) is 5.14 Å². The summed E-state index contributed by atoms with van der Waals surface area (Å²) in [5.41, 5.74) is 0.809. The summed E-state index contributed by atoms with van der Waals surface area (Å²) in [6, 6.07) is 3.12. The Morgan fingerprint density at radius 1 is 1.33 bits per heavy atom. The summed E-state index contributed by atoms with van der Waals surface area (Å²) in [6.07, 6.45) is 0. The summed E-state index contributed by atoms with van der Waals surface area (Å²) in [5.74, 6) is 0.221. The van der Waals surface area contributed by atoms with Gasteiger partial charge in [0.05, 0.1) is 4.90 Å². The number of sulfonamides is 1. The van der Waals surface area contributed by atoms with Crippen LogP contribution in [0.15, 0.2) is 17.0 Å². The Labute approximate surface area is 125 Å². The smallest absolute Gasteiger partial charge is 0.257 e. The summed E-state index contributed by atoms with van der Waals surface area (Å²) in [6.45, 7) is 7.29. The summed E-state index contributed by atoms with van der Waals surface area (Å²) >= 11 is 0. The lowest BCUT2D eigenvalue weighted by molar-refractivity contribution is -0.122. The predicted octanol–water partition coefficient (Wildman–Crippen LogP) is 1.06. The van der Waals surface area contributed by atoms with Crippen LogP contribution in [-0.4, -0.2) is 28.0 Å². The SMILES string of the molecule is CNC(=O)COc1cc(C)c(S(N)(=O)=O)cc1C(C)(C)C. The monoisotopic (exact) mass is 314 g/mol. The second-order valence-corrected chi connectivity index (χ2v) is 7.40. The van der Waals surface area contributed by atoms with Crippen molar-refractivity contribution in [3.05, 3.63) is 23.3 Å².